The van der Waals surface area contributed by atoms with Gasteiger partial charge in [-0.1, -0.05) is 36.4 Å². The van der Waals surface area contributed by atoms with Crippen molar-refractivity contribution in [3.8, 4) is 5.75 Å². The molecule has 2 aromatic rings. The summed E-state index contributed by atoms with van der Waals surface area (Å²) in [7, 11) is 0. The van der Waals surface area contributed by atoms with Crippen LogP contribution < -0.4 is 10.1 Å². The van der Waals surface area contributed by atoms with Crippen LogP contribution >= 0.6 is 0 Å². The summed E-state index contributed by atoms with van der Waals surface area (Å²) in [5.74, 6) is 0.896. The van der Waals surface area contributed by atoms with Gasteiger partial charge in [0.1, 0.15) is 11.4 Å². The number of carbonyl (C=O) groups excluding carboxylic acids is 1. The van der Waals surface area contributed by atoms with E-state index in [1.54, 1.807) is 0 Å². The van der Waals surface area contributed by atoms with E-state index in [0.29, 0.717) is 11.6 Å². The second-order valence-electron chi connectivity index (χ2n) is 8.05. The van der Waals surface area contributed by atoms with Gasteiger partial charge in [-0.05, 0) is 44.9 Å². The predicted octanol–water partition coefficient (Wildman–Crippen LogP) is 4.18. The topological polar surface area (TPSA) is 41.6 Å². The number of rotatable bonds is 3. The van der Waals surface area contributed by atoms with Crippen LogP contribution in [0.4, 0.5) is 0 Å². The highest BCUT2D eigenvalue weighted by Crippen LogP contribution is 2.44. The number of hydrogen-bond donors (Lipinski definition) is 1. The minimum atomic E-state index is -0.186. The van der Waals surface area contributed by atoms with Gasteiger partial charge in [0.2, 0.25) is 0 Å². The van der Waals surface area contributed by atoms with Crippen molar-refractivity contribution >= 4 is 5.91 Å². The van der Waals surface area contributed by atoms with Gasteiger partial charge in [0.15, 0.2) is 0 Å². The van der Waals surface area contributed by atoms with E-state index in [1.807, 2.05) is 48.5 Å². The Balaban J connectivity index is 1.57. The Hall–Kier alpha value is -2.33. The van der Waals surface area contributed by atoms with E-state index in [2.05, 4.69) is 30.1 Å². The van der Waals surface area contributed by atoms with E-state index in [-0.39, 0.29) is 17.6 Å². The smallest absolute Gasteiger partial charge is 0.251 e. The van der Waals surface area contributed by atoms with Crippen molar-refractivity contribution in [2.24, 2.45) is 0 Å². The molecule has 2 aliphatic rings. The molecule has 2 aromatic carbocycles. The summed E-state index contributed by atoms with van der Waals surface area (Å²) >= 11 is 0. The second kappa shape index (κ2) is 7.35. The highest BCUT2D eigenvalue weighted by Gasteiger charge is 2.43. The number of benzene rings is 2. The zero-order valence-corrected chi connectivity index (χ0v) is 16.2. The van der Waals surface area contributed by atoms with E-state index in [9.17, 15) is 4.79 Å². The van der Waals surface area contributed by atoms with Crippen LogP contribution in [0.5, 0.6) is 5.75 Å². The van der Waals surface area contributed by atoms with Crippen LogP contribution in [0.2, 0.25) is 0 Å². The largest absolute Gasteiger partial charge is 0.487 e. The lowest BCUT2D eigenvalue weighted by Crippen LogP contribution is -2.53. The Labute approximate surface area is 161 Å². The van der Waals surface area contributed by atoms with Crippen molar-refractivity contribution in [2.45, 2.75) is 50.8 Å². The van der Waals surface area contributed by atoms with E-state index in [1.165, 1.54) is 0 Å². The maximum atomic E-state index is 12.8. The fraction of sp³-hybridized carbons (Fsp3) is 0.435. The molecule has 4 rings (SSSR count). The number of para-hydroxylation sites is 1. The van der Waals surface area contributed by atoms with Gasteiger partial charge in [-0.3, -0.25) is 4.79 Å². The third kappa shape index (κ3) is 3.72. The Bertz CT molecular complexity index is 795. The monoisotopic (exact) mass is 364 g/mol. The fourth-order valence-corrected chi connectivity index (χ4v) is 4.33. The number of likely N-dealkylation sites (tertiary alicyclic amines) is 1. The van der Waals surface area contributed by atoms with Gasteiger partial charge >= 0.3 is 0 Å². The molecule has 27 heavy (non-hydrogen) atoms. The number of ether oxygens (including phenoxy) is 1. The normalized spacial score (nSPS) is 21.5. The van der Waals surface area contributed by atoms with Crippen LogP contribution in [0.3, 0.4) is 0 Å². The van der Waals surface area contributed by atoms with Gasteiger partial charge < -0.3 is 15.0 Å². The minimum Gasteiger partial charge on any atom is -0.487 e. The van der Waals surface area contributed by atoms with Crippen LogP contribution in [-0.4, -0.2) is 35.5 Å². The third-order valence-corrected chi connectivity index (χ3v) is 5.98. The maximum absolute atomic E-state index is 12.8. The van der Waals surface area contributed by atoms with Gasteiger partial charge in [0, 0.05) is 36.7 Å². The summed E-state index contributed by atoms with van der Waals surface area (Å²) in [5.41, 5.74) is 1.60. The summed E-state index contributed by atoms with van der Waals surface area (Å²) in [6.45, 7) is 6.58. The Morgan fingerprint density at radius 2 is 1.74 bits per heavy atom. The first-order valence-corrected chi connectivity index (χ1v) is 9.94. The molecule has 2 aliphatic heterocycles. The molecule has 0 aliphatic carbocycles. The average Bonchev–Trinajstić information content (AvgIpc) is 2.69. The van der Waals surface area contributed by atoms with Crippen molar-refractivity contribution < 1.29 is 9.53 Å². The first-order valence-electron chi connectivity index (χ1n) is 9.94. The summed E-state index contributed by atoms with van der Waals surface area (Å²) in [6, 6.07) is 18.1. The van der Waals surface area contributed by atoms with E-state index in [4.69, 9.17) is 4.74 Å². The van der Waals surface area contributed by atoms with Gasteiger partial charge in [-0.15, -0.1) is 0 Å². The Morgan fingerprint density at radius 3 is 2.44 bits per heavy atom. The summed E-state index contributed by atoms with van der Waals surface area (Å²) < 4.78 is 6.53. The Morgan fingerprint density at radius 1 is 1.07 bits per heavy atom. The fourth-order valence-electron chi connectivity index (χ4n) is 4.33. The van der Waals surface area contributed by atoms with Crippen molar-refractivity contribution in [2.75, 3.05) is 13.1 Å². The number of nitrogens with one attached hydrogen (secondary N) is 1. The van der Waals surface area contributed by atoms with Gasteiger partial charge in [0.05, 0.1) is 6.04 Å². The van der Waals surface area contributed by atoms with Crippen LogP contribution in [-0.2, 0) is 0 Å². The van der Waals surface area contributed by atoms with E-state index in [0.717, 1.165) is 43.7 Å². The SMILES string of the molecule is CC(C)N1CCC2(CC1)CC(NC(=O)c1ccccc1)c1ccccc1O2. The van der Waals surface area contributed by atoms with Gasteiger partial charge in [-0.2, -0.15) is 0 Å². The lowest BCUT2D eigenvalue weighted by atomic mass is 9.80. The number of amides is 1. The quantitative estimate of drug-likeness (QED) is 0.888. The average molecular weight is 364 g/mol. The summed E-state index contributed by atoms with van der Waals surface area (Å²) in [5, 5.41) is 3.26. The van der Waals surface area contributed by atoms with Crippen LogP contribution in [0.25, 0.3) is 0 Å². The first-order chi connectivity index (χ1) is 13.1. The second-order valence-corrected chi connectivity index (χ2v) is 8.05. The minimum absolute atomic E-state index is 0.0201. The number of hydrogen-bond acceptors (Lipinski definition) is 3. The number of piperidine rings is 1. The summed E-state index contributed by atoms with van der Waals surface area (Å²) in [6.07, 6.45) is 2.82. The molecule has 4 heteroatoms. The Kier molecular flexibility index (Phi) is 4.92. The lowest BCUT2D eigenvalue weighted by Gasteiger charge is -2.47. The zero-order chi connectivity index (χ0) is 18.9. The number of nitrogens with zero attached hydrogens (tertiary/aromatic N) is 1. The van der Waals surface area contributed by atoms with Crippen molar-refractivity contribution in [1.82, 2.24) is 10.2 Å². The number of fused-ring (bicyclic) bond motifs is 1. The van der Waals surface area contributed by atoms with Gasteiger partial charge in [0.25, 0.3) is 5.91 Å². The van der Waals surface area contributed by atoms with E-state index >= 15 is 0 Å². The molecule has 1 amide bonds. The molecule has 1 unspecified atom stereocenters. The molecule has 0 bridgehead atoms. The summed E-state index contributed by atoms with van der Waals surface area (Å²) in [4.78, 5) is 15.3. The molecule has 1 fully saturated rings. The highest BCUT2D eigenvalue weighted by atomic mass is 16.5. The molecule has 2 heterocycles. The van der Waals surface area contributed by atoms with Crippen LogP contribution in [0, 0.1) is 0 Å². The molecule has 4 nitrogen and oxygen atoms in total. The standard InChI is InChI=1S/C23H28N2O2/c1-17(2)25-14-12-23(13-15-25)16-20(19-10-6-7-11-21(19)27-23)24-22(26)18-8-4-3-5-9-18/h3-11,17,20H,12-16H2,1-2H3,(H,24,26). The molecular formula is C23H28N2O2. The molecule has 1 atom stereocenters. The van der Waals surface area contributed by atoms with Crippen molar-refractivity contribution in [3.05, 3.63) is 65.7 Å². The van der Waals surface area contributed by atoms with E-state index < -0.39 is 0 Å². The third-order valence-electron chi connectivity index (χ3n) is 5.98. The maximum Gasteiger partial charge on any atom is 0.251 e. The molecule has 1 saturated heterocycles. The lowest BCUT2D eigenvalue weighted by molar-refractivity contribution is -0.0306. The molecule has 142 valence electrons. The number of carbonyl (C=O) groups is 1. The molecular weight excluding hydrogens is 336 g/mol. The zero-order valence-electron chi connectivity index (χ0n) is 16.2. The molecule has 0 aromatic heterocycles. The highest BCUT2D eigenvalue weighted by molar-refractivity contribution is 5.94. The van der Waals surface area contributed by atoms with Crippen LogP contribution in [0.15, 0.2) is 54.6 Å². The molecule has 0 radical (unpaired) electrons. The van der Waals surface area contributed by atoms with Crippen molar-refractivity contribution in [3.63, 3.8) is 0 Å². The predicted molar refractivity (Wildman–Crippen MR) is 107 cm³/mol. The van der Waals surface area contributed by atoms with Gasteiger partial charge in [-0.25, -0.2) is 0 Å². The van der Waals surface area contributed by atoms with Crippen molar-refractivity contribution in [1.29, 1.82) is 0 Å². The molecule has 0 saturated carbocycles. The molecule has 1 N–H and O–H groups in total. The van der Waals surface area contributed by atoms with Crippen LogP contribution in [0.1, 0.15) is 55.1 Å². The molecule has 1 spiro atoms. The first kappa shape index (κ1) is 18.1.